The van der Waals surface area contributed by atoms with E-state index in [9.17, 15) is 9.59 Å². The molecule has 0 bridgehead atoms. The summed E-state index contributed by atoms with van der Waals surface area (Å²) in [4.78, 5) is 29.3. The third-order valence-electron chi connectivity index (χ3n) is 9.31. The van der Waals surface area contributed by atoms with Gasteiger partial charge < -0.3 is 10.3 Å². The normalized spacial score (nSPS) is 32.4. The fourth-order valence-electron chi connectivity index (χ4n) is 7.53. The molecule has 1 aromatic rings. The van der Waals surface area contributed by atoms with E-state index in [1.807, 2.05) is 19.9 Å². The Balaban J connectivity index is 1.44. The average Bonchev–Trinajstić information content (AvgIpc) is 3.62. The minimum atomic E-state index is -0.177. The molecule has 1 aromatic heterocycles. The molecule has 7 heteroatoms. The van der Waals surface area contributed by atoms with E-state index >= 15 is 0 Å². The summed E-state index contributed by atoms with van der Waals surface area (Å²) in [5, 5.41) is 9.93. The Kier molecular flexibility index (Phi) is 7.12. The van der Waals surface area contributed by atoms with E-state index in [1.165, 1.54) is 51.4 Å². The molecule has 4 atom stereocenters. The molecule has 7 nitrogen and oxygen atoms in total. The van der Waals surface area contributed by atoms with Crippen LogP contribution >= 0.6 is 0 Å². The number of aromatic amines is 1. The third-order valence-corrected chi connectivity index (χ3v) is 9.31. The highest BCUT2D eigenvalue weighted by Gasteiger charge is 2.62. The number of amides is 1. The average molecular weight is 484 g/mol. The molecular weight excluding hydrogens is 438 g/mol. The molecular formula is C28H45N5O2. The van der Waals surface area contributed by atoms with Gasteiger partial charge in [-0.15, -0.1) is 0 Å². The van der Waals surface area contributed by atoms with Crippen LogP contribution in [0.2, 0.25) is 0 Å². The molecule has 0 spiro atoms. The maximum absolute atomic E-state index is 13.9. The number of nitrogens with one attached hydrogen (secondary N) is 4. The van der Waals surface area contributed by atoms with Gasteiger partial charge in [0.15, 0.2) is 0 Å². The molecule has 0 radical (unpaired) electrons. The molecule has 4 aliphatic rings. The number of nitrogens with zero attached hydrogens (tertiary/aromatic N) is 1. The zero-order valence-corrected chi connectivity index (χ0v) is 22.1. The Hall–Kier alpha value is -1.70. The zero-order valence-electron chi connectivity index (χ0n) is 22.1. The summed E-state index contributed by atoms with van der Waals surface area (Å²) in [6, 6.07) is 2.72. The van der Waals surface area contributed by atoms with Gasteiger partial charge in [-0.1, -0.05) is 25.7 Å². The van der Waals surface area contributed by atoms with Crippen molar-refractivity contribution in [2.24, 2.45) is 23.7 Å². The maximum atomic E-state index is 13.9. The van der Waals surface area contributed by atoms with E-state index < -0.39 is 0 Å². The summed E-state index contributed by atoms with van der Waals surface area (Å²) in [6.07, 6.45) is 11.1. The topological polar surface area (TPSA) is 89.3 Å². The number of piperidine rings is 1. The van der Waals surface area contributed by atoms with Gasteiger partial charge in [-0.05, 0) is 83.3 Å². The lowest BCUT2D eigenvalue weighted by molar-refractivity contribution is -0.137. The number of hydrogen-bond donors (Lipinski definition) is 4. The third kappa shape index (κ3) is 4.72. The molecule has 1 amide bonds. The number of hydrogen-bond acceptors (Lipinski definition) is 5. The first-order valence-corrected chi connectivity index (χ1v) is 14.1. The highest BCUT2D eigenvalue weighted by atomic mass is 16.2. The van der Waals surface area contributed by atoms with Crippen LogP contribution in [-0.2, 0) is 11.3 Å². The van der Waals surface area contributed by atoms with Gasteiger partial charge in [0, 0.05) is 48.3 Å². The van der Waals surface area contributed by atoms with Crippen LogP contribution in [0.4, 0.5) is 0 Å². The summed E-state index contributed by atoms with van der Waals surface area (Å²) in [5.74, 6) is 1.52. The second-order valence-electron chi connectivity index (χ2n) is 12.0. The van der Waals surface area contributed by atoms with Crippen LogP contribution in [0.25, 0.3) is 0 Å². The second-order valence-corrected chi connectivity index (χ2v) is 12.0. The van der Waals surface area contributed by atoms with E-state index in [0.717, 1.165) is 24.2 Å². The van der Waals surface area contributed by atoms with E-state index in [4.69, 9.17) is 0 Å². The summed E-state index contributed by atoms with van der Waals surface area (Å²) in [7, 11) is 0. The molecule has 2 aliphatic carbocycles. The van der Waals surface area contributed by atoms with Crippen molar-refractivity contribution in [3.63, 3.8) is 0 Å². The van der Waals surface area contributed by atoms with Gasteiger partial charge in [0.25, 0.3) is 5.56 Å². The zero-order chi connectivity index (χ0) is 24.7. The Labute approximate surface area is 210 Å². The highest BCUT2D eigenvalue weighted by molar-refractivity contribution is 5.79. The first kappa shape index (κ1) is 25.0. The van der Waals surface area contributed by atoms with Crippen LogP contribution in [0.15, 0.2) is 10.9 Å². The van der Waals surface area contributed by atoms with Crippen molar-refractivity contribution in [1.82, 2.24) is 26.1 Å². The van der Waals surface area contributed by atoms with Crippen LogP contribution in [0.5, 0.6) is 0 Å². The van der Waals surface area contributed by atoms with Gasteiger partial charge in [-0.2, -0.15) is 0 Å². The van der Waals surface area contributed by atoms with Crippen LogP contribution < -0.4 is 21.6 Å². The van der Waals surface area contributed by atoms with Crippen LogP contribution in [0, 0.1) is 37.5 Å². The number of H-pyrrole nitrogens is 1. The predicted molar refractivity (Wildman–Crippen MR) is 139 cm³/mol. The number of aromatic nitrogens is 1. The van der Waals surface area contributed by atoms with Gasteiger partial charge in [0.1, 0.15) is 0 Å². The predicted octanol–water partition coefficient (Wildman–Crippen LogP) is 3.51. The first-order valence-electron chi connectivity index (χ1n) is 14.1. The summed E-state index contributed by atoms with van der Waals surface area (Å²) in [5.41, 5.74) is 5.95. The molecule has 2 saturated heterocycles. The molecule has 35 heavy (non-hydrogen) atoms. The van der Waals surface area contributed by atoms with Crippen molar-refractivity contribution in [1.29, 1.82) is 0 Å². The molecule has 4 unspecified atom stereocenters. The molecule has 194 valence electrons. The van der Waals surface area contributed by atoms with E-state index in [1.54, 1.807) is 0 Å². The molecule has 4 fully saturated rings. The maximum Gasteiger partial charge on any atom is 0.253 e. The van der Waals surface area contributed by atoms with Gasteiger partial charge in [0.2, 0.25) is 5.91 Å². The number of hydrazine groups is 1. The Morgan fingerprint density at radius 3 is 2.49 bits per heavy atom. The number of carbonyl (C=O) groups is 1. The smallest absolute Gasteiger partial charge is 0.253 e. The summed E-state index contributed by atoms with van der Waals surface area (Å²) < 4.78 is 0. The van der Waals surface area contributed by atoms with Gasteiger partial charge in [0.05, 0.1) is 5.66 Å². The van der Waals surface area contributed by atoms with Crippen molar-refractivity contribution in [2.75, 3.05) is 6.54 Å². The van der Waals surface area contributed by atoms with Crippen LogP contribution in [-0.4, -0.2) is 40.2 Å². The monoisotopic (exact) mass is 483 g/mol. The Bertz CT molecular complexity index is 978. The van der Waals surface area contributed by atoms with Crippen molar-refractivity contribution in [2.45, 2.75) is 110 Å². The van der Waals surface area contributed by atoms with Crippen molar-refractivity contribution in [3.8, 4) is 0 Å². The van der Waals surface area contributed by atoms with Gasteiger partial charge in [-0.25, -0.2) is 5.01 Å². The minimum absolute atomic E-state index is 0.0498. The highest BCUT2D eigenvalue weighted by Crippen LogP contribution is 2.51. The van der Waals surface area contributed by atoms with Crippen molar-refractivity contribution < 1.29 is 4.79 Å². The fourth-order valence-corrected chi connectivity index (χ4v) is 7.53. The largest absolute Gasteiger partial charge is 0.352 e. The number of fused-ring (bicyclic) bond motifs is 1. The lowest BCUT2D eigenvalue weighted by Crippen LogP contribution is -2.73. The Morgan fingerprint density at radius 1 is 1.14 bits per heavy atom. The van der Waals surface area contributed by atoms with Crippen molar-refractivity contribution in [3.05, 3.63) is 33.2 Å². The number of carbonyl (C=O) groups excluding carboxylic acids is 1. The second kappa shape index (κ2) is 9.98. The van der Waals surface area contributed by atoms with E-state index in [-0.39, 0.29) is 29.0 Å². The van der Waals surface area contributed by atoms with Crippen LogP contribution in [0.1, 0.15) is 88.5 Å². The lowest BCUT2D eigenvalue weighted by atomic mass is 9.66. The van der Waals surface area contributed by atoms with Gasteiger partial charge in [-0.3, -0.25) is 20.3 Å². The molecule has 3 heterocycles. The number of rotatable bonds is 6. The molecule has 4 N–H and O–H groups in total. The molecule has 2 aliphatic heterocycles. The van der Waals surface area contributed by atoms with Gasteiger partial charge >= 0.3 is 0 Å². The fraction of sp³-hybridized carbons (Fsp3) is 0.786. The minimum Gasteiger partial charge on any atom is -0.352 e. The van der Waals surface area contributed by atoms with E-state index in [2.05, 4.69) is 39.9 Å². The van der Waals surface area contributed by atoms with Crippen molar-refractivity contribution >= 4 is 5.91 Å². The quantitative estimate of drug-likeness (QED) is 0.465. The number of aryl methyl sites for hydroxylation is 2. The number of pyridine rings is 1. The lowest BCUT2D eigenvalue weighted by Gasteiger charge is -2.55. The SMILES string of the molecule is Cc1cc(C)c(CNC(=O)C2CC(C3CC3)NC3(C4CCCCCC4)C2CNN3C(C)C)c(=O)[nH]1. The summed E-state index contributed by atoms with van der Waals surface area (Å²) in [6.45, 7) is 9.53. The van der Waals surface area contributed by atoms with Crippen LogP contribution in [0.3, 0.4) is 0 Å². The molecule has 0 aromatic carbocycles. The first-order chi connectivity index (χ1) is 16.8. The Morgan fingerprint density at radius 2 is 1.86 bits per heavy atom. The van der Waals surface area contributed by atoms with E-state index in [0.29, 0.717) is 36.0 Å². The summed E-state index contributed by atoms with van der Waals surface area (Å²) >= 11 is 0. The molecule has 5 rings (SSSR count). The standard InChI is InChI=1S/C28H45N5O2/c1-17(2)33-28(21-9-7-5-6-8-10-21)24(16-30-33)22(14-25(32-28)20-11-12-20)26(34)29-15-23-18(3)13-19(4)31-27(23)35/h13,17,20-22,24-25,30,32H,5-12,14-16H2,1-4H3,(H,29,34)(H,31,35). The molecule has 2 saturated carbocycles.